The van der Waals surface area contributed by atoms with Crippen molar-refractivity contribution in [3.05, 3.63) is 72.2 Å². The summed E-state index contributed by atoms with van der Waals surface area (Å²) in [7, 11) is 0. The van der Waals surface area contributed by atoms with Crippen molar-refractivity contribution in [2.75, 3.05) is 45.9 Å². The summed E-state index contributed by atoms with van der Waals surface area (Å²) in [6, 6.07) is 8.39. The van der Waals surface area contributed by atoms with Crippen LogP contribution < -0.4 is 32.3 Å². The molecular weight excluding hydrogens is 634 g/mol. The van der Waals surface area contributed by atoms with E-state index in [1.807, 2.05) is 0 Å². The van der Waals surface area contributed by atoms with Gasteiger partial charge in [-0.05, 0) is 42.2 Å². The minimum atomic E-state index is -1.07. The molecule has 1 aliphatic heterocycles. The Morgan fingerprint density at radius 2 is 1.76 bits per heavy atom. The number of amides is 6. The Morgan fingerprint density at radius 1 is 1.00 bits per heavy atom. The molecule has 1 fully saturated rings. The molecule has 49 heavy (non-hydrogen) atoms. The fraction of sp³-hybridized carbons (Fsp3) is 0.471. The monoisotopic (exact) mass is 681 g/mol. The lowest BCUT2D eigenvalue weighted by Crippen LogP contribution is -2.53. The quantitative estimate of drug-likeness (QED) is 0.0816. The van der Waals surface area contributed by atoms with Crippen LogP contribution in [0.3, 0.4) is 0 Å². The third kappa shape index (κ3) is 13.2. The summed E-state index contributed by atoms with van der Waals surface area (Å²) < 4.78 is 10.7. The van der Waals surface area contributed by atoms with Gasteiger partial charge in [0.05, 0.1) is 31.8 Å². The van der Waals surface area contributed by atoms with Gasteiger partial charge in [0.25, 0.3) is 0 Å². The van der Waals surface area contributed by atoms with E-state index in [9.17, 15) is 28.8 Å². The Morgan fingerprint density at radius 3 is 2.45 bits per heavy atom. The van der Waals surface area contributed by atoms with Crippen LogP contribution in [0.2, 0.25) is 0 Å². The molecule has 0 spiro atoms. The SMILES string of the molecule is C=CC(=O)NC[C@H](NC(=O)Cc1ccccc1CNC(=O)[C@H](Cc1ccco1)NC(=O)[C@@H]1CCCN(C(C)=O)C1)C(=O)NCCOCCN. The van der Waals surface area contributed by atoms with Gasteiger partial charge in [0.2, 0.25) is 35.4 Å². The fourth-order valence-corrected chi connectivity index (χ4v) is 5.27. The number of carbonyl (C=O) groups excluding carboxylic acids is 6. The van der Waals surface area contributed by atoms with Gasteiger partial charge in [-0.2, -0.15) is 0 Å². The van der Waals surface area contributed by atoms with Crippen LogP contribution in [-0.4, -0.2) is 98.4 Å². The molecule has 1 aromatic heterocycles. The summed E-state index contributed by atoms with van der Waals surface area (Å²) in [5.41, 5.74) is 6.65. The van der Waals surface area contributed by atoms with Crippen molar-refractivity contribution >= 4 is 35.4 Å². The highest BCUT2D eigenvalue weighted by atomic mass is 16.5. The normalized spacial score (nSPS) is 15.3. The zero-order chi connectivity index (χ0) is 35.6. The van der Waals surface area contributed by atoms with Crippen LogP contribution in [0.5, 0.6) is 0 Å². The van der Waals surface area contributed by atoms with Crippen molar-refractivity contribution in [1.82, 2.24) is 31.5 Å². The van der Waals surface area contributed by atoms with E-state index in [-0.39, 0.29) is 57.4 Å². The molecule has 0 aliphatic carbocycles. The largest absolute Gasteiger partial charge is 0.469 e. The average Bonchev–Trinajstić information content (AvgIpc) is 3.62. The lowest BCUT2D eigenvalue weighted by Gasteiger charge is -2.32. The molecule has 3 atom stereocenters. The van der Waals surface area contributed by atoms with Gasteiger partial charge in [0, 0.05) is 52.6 Å². The van der Waals surface area contributed by atoms with Crippen molar-refractivity contribution in [2.24, 2.45) is 11.7 Å². The number of benzene rings is 1. The van der Waals surface area contributed by atoms with Crippen molar-refractivity contribution in [2.45, 2.75) is 51.2 Å². The Kier molecular flexibility index (Phi) is 16.0. The van der Waals surface area contributed by atoms with Crippen LogP contribution in [-0.2, 0) is 52.9 Å². The van der Waals surface area contributed by atoms with E-state index in [1.165, 1.54) is 13.2 Å². The number of nitrogens with two attached hydrogens (primary N) is 1. The number of hydrogen-bond donors (Lipinski definition) is 6. The molecule has 15 heteroatoms. The fourth-order valence-electron chi connectivity index (χ4n) is 5.27. The first-order valence-electron chi connectivity index (χ1n) is 16.3. The molecule has 0 bridgehead atoms. The van der Waals surface area contributed by atoms with Gasteiger partial charge in [0.1, 0.15) is 17.8 Å². The number of piperidine rings is 1. The maximum Gasteiger partial charge on any atom is 0.244 e. The van der Waals surface area contributed by atoms with E-state index in [4.69, 9.17) is 14.9 Å². The molecule has 0 saturated carbocycles. The lowest BCUT2D eigenvalue weighted by molar-refractivity contribution is -0.136. The Hall–Kier alpha value is -5.02. The highest BCUT2D eigenvalue weighted by Crippen LogP contribution is 2.18. The van der Waals surface area contributed by atoms with Gasteiger partial charge in [-0.25, -0.2) is 0 Å². The molecule has 6 amide bonds. The molecule has 1 aliphatic rings. The molecule has 0 radical (unpaired) electrons. The molecule has 2 heterocycles. The predicted octanol–water partition coefficient (Wildman–Crippen LogP) is -0.697. The zero-order valence-corrected chi connectivity index (χ0v) is 27.8. The molecule has 3 rings (SSSR count). The average molecular weight is 682 g/mol. The Bertz CT molecular complexity index is 1430. The van der Waals surface area contributed by atoms with Crippen LogP contribution in [0.25, 0.3) is 0 Å². The van der Waals surface area contributed by atoms with Crippen molar-refractivity contribution < 1.29 is 37.9 Å². The summed E-state index contributed by atoms with van der Waals surface area (Å²) in [5.74, 6) is -2.30. The maximum atomic E-state index is 13.5. The third-order valence-corrected chi connectivity index (χ3v) is 7.90. The van der Waals surface area contributed by atoms with Crippen LogP contribution >= 0.6 is 0 Å². The number of furan rings is 1. The van der Waals surface area contributed by atoms with E-state index in [2.05, 4.69) is 33.2 Å². The van der Waals surface area contributed by atoms with Crippen molar-refractivity contribution in [1.29, 1.82) is 0 Å². The predicted molar refractivity (Wildman–Crippen MR) is 179 cm³/mol. The van der Waals surface area contributed by atoms with Gasteiger partial charge in [-0.1, -0.05) is 30.8 Å². The molecule has 2 aromatic rings. The number of ether oxygens (including phenoxy) is 1. The van der Waals surface area contributed by atoms with Gasteiger partial charge < -0.3 is 46.4 Å². The van der Waals surface area contributed by atoms with Crippen molar-refractivity contribution in [3.63, 3.8) is 0 Å². The molecule has 266 valence electrons. The molecule has 1 aromatic carbocycles. The number of hydrogen-bond acceptors (Lipinski definition) is 9. The van der Waals surface area contributed by atoms with E-state index >= 15 is 0 Å². The summed E-state index contributed by atoms with van der Waals surface area (Å²) in [6.45, 7) is 6.73. The Balaban J connectivity index is 1.64. The van der Waals surface area contributed by atoms with E-state index in [0.717, 1.165) is 6.08 Å². The van der Waals surface area contributed by atoms with Gasteiger partial charge in [-0.15, -0.1) is 0 Å². The number of rotatable bonds is 19. The van der Waals surface area contributed by atoms with E-state index in [1.54, 1.807) is 41.3 Å². The number of likely N-dealkylation sites (tertiary alicyclic amines) is 1. The zero-order valence-electron chi connectivity index (χ0n) is 27.8. The lowest BCUT2D eigenvalue weighted by atomic mass is 9.96. The molecular formula is C34H47N7O8. The standard InChI is InChI=1S/C34H47N7O8/c1-3-30(43)37-21-29(34(47)36-13-17-48-16-12-35)39-31(44)18-24-8-4-5-9-25(24)20-38-33(46)28(19-27-11-7-15-49-27)40-32(45)26-10-6-14-41(22-26)23(2)42/h3-5,7-9,11,15,26,28-29H,1,6,10,12-14,16-22,35H2,2H3,(H,36,47)(H,37,43)(H,38,46)(H,39,44)(H,40,45)/t26-,28+,29+/m1/s1. The van der Waals surface area contributed by atoms with Gasteiger partial charge >= 0.3 is 0 Å². The number of nitrogens with zero attached hydrogens (tertiary/aromatic N) is 1. The van der Waals surface area contributed by atoms with Gasteiger partial charge in [0.15, 0.2) is 0 Å². The van der Waals surface area contributed by atoms with Crippen LogP contribution in [0.4, 0.5) is 0 Å². The third-order valence-electron chi connectivity index (χ3n) is 7.90. The van der Waals surface area contributed by atoms with Crippen molar-refractivity contribution in [3.8, 4) is 0 Å². The highest BCUT2D eigenvalue weighted by molar-refractivity contribution is 5.91. The molecule has 1 saturated heterocycles. The van der Waals surface area contributed by atoms with E-state index in [0.29, 0.717) is 49.4 Å². The summed E-state index contributed by atoms with van der Waals surface area (Å²) in [4.78, 5) is 77.9. The van der Waals surface area contributed by atoms with Crippen LogP contribution in [0.1, 0.15) is 36.7 Å². The summed E-state index contributed by atoms with van der Waals surface area (Å²) in [6.07, 6.45) is 3.83. The topological polar surface area (TPSA) is 214 Å². The first-order valence-corrected chi connectivity index (χ1v) is 16.3. The Labute approximate surface area is 285 Å². The molecule has 7 N–H and O–H groups in total. The minimum Gasteiger partial charge on any atom is -0.469 e. The van der Waals surface area contributed by atoms with Crippen LogP contribution in [0, 0.1) is 5.92 Å². The number of nitrogens with one attached hydrogen (secondary N) is 5. The number of carbonyl (C=O) groups is 6. The van der Waals surface area contributed by atoms with Gasteiger partial charge in [-0.3, -0.25) is 28.8 Å². The highest BCUT2D eigenvalue weighted by Gasteiger charge is 2.31. The second-order valence-electron chi connectivity index (χ2n) is 11.6. The van der Waals surface area contributed by atoms with E-state index < -0.39 is 41.6 Å². The maximum absolute atomic E-state index is 13.5. The minimum absolute atomic E-state index is 0.0520. The second-order valence-corrected chi connectivity index (χ2v) is 11.6. The smallest absolute Gasteiger partial charge is 0.244 e. The molecule has 0 unspecified atom stereocenters. The first kappa shape index (κ1) is 38.4. The second kappa shape index (κ2) is 20.4. The summed E-state index contributed by atoms with van der Waals surface area (Å²) >= 11 is 0. The van der Waals surface area contributed by atoms with Crippen LogP contribution in [0.15, 0.2) is 59.7 Å². The summed E-state index contributed by atoms with van der Waals surface area (Å²) in [5, 5.41) is 13.6. The molecule has 15 nitrogen and oxygen atoms in total. The first-order chi connectivity index (χ1) is 23.6.